The van der Waals surface area contributed by atoms with Gasteiger partial charge in [-0.25, -0.2) is 0 Å². The highest BCUT2D eigenvalue weighted by Gasteiger charge is 2.32. The van der Waals surface area contributed by atoms with Crippen molar-refractivity contribution in [2.24, 2.45) is 0 Å². The van der Waals surface area contributed by atoms with Crippen LogP contribution < -0.4 is 5.32 Å². The van der Waals surface area contributed by atoms with Crippen LogP contribution in [-0.4, -0.2) is 36.4 Å². The number of carbonyl (C=O) groups is 1. The Hall–Kier alpha value is -1.59. The van der Waals surface area contributed by atoms with Crippen LogP contribution in [-0.2, 0) is 9.53 Å². The largest absolute Gasteiger partial charge is 0.462 e. The number of aliphatic hydroxyl groups is 1. The molecule has 1 atom stereocenters. The number of ether oxygens (including phenoxy) is 1. The van der Waals surface area contributed by atoms with Gasteiger partial charge < -0.3 is 19.6 Å². The Balaban J connectivity index is 1.80. The molecule has 1 unspecified atom stereocenters. The SMILES string of the molecule is Cc1ccc(C=CC(=O)NCC2(O)CCOC2)o1. The van der Waals surface area contributed by atoms with Crippen LogP contribution in [0.25, 0.3) is 6.08 Å². The van der Waals surface area contributed by atoms with E-state index < -0.39 is 5.60 Å². The molecule has 98 valence electrons. The van der Waals surface area contributed by atoms with Gasteiger partial charge in [0, 0.05) is 25.6 Å². The summed E-state index contributed by atoms with van der Waals surface area (Å²) in [7, 11) is 0. The molecule has 0 bridgehead atoms. The molecule has 1 saturated heterocycles. The summed E-state index contributed by atoms with van der Waals surface area (Å²) in [5, 5.41) is 12.6. The summed E-state index contributed by atoms with van der Waals surface area (Å²) in [6.07, 6.45) is 3.53. The molecule has 0 radical (unpaired) electrons. The minimum absolute atomic E-state index is 0.202. The van der Waals surface area contributed by atoms with Crippen molar-refractivity contribution in [2.75, 3.05) is 19.8 Å². The van der Waals surface area contributed by atoms with Crippen LogP contribution in [0.4, 0.5) is 0 Å². The molecule has 1 aliphatic heterocycles. The molecule has 18 heavy (non-hydrogen) atoms. The third-order valence-electron chi connectivity index (χ3n) is 2.83. The van der Waals surface area contributed by atoms with Crippen LogP contribution in [0.5, 0.6) is 0 Å². The first-order chi connectivity index (χ1) is 8.57. The van der Waals surface area contributed by atoms with Crippen molar-refractivity contribution >= 4 is 12.0 Å². The zero-order valence-corrected chi connectivity index (χ0v) is 10.3. The van der Waals surface area contributed by atoms with Gasteiger partial charge in [0.2, 0.25) is 5.91 Å². The van der Waals surface area contributed by atoms with Crippen molar-refractivity contribution in [3.63, 3.8) is 0 Å². The molecule has 1 aromatic rings. The lowest BCUT2D eigenvalue weighted by Crippen LogP contribution is -2.42. The van der Waals surface area contributed by atoms with E-state index in [4.69, 9.17) is 9.15 Å². The van der Waals surface area contributed by atoms with Crippen LogP contribution >= 0.6 is 0 Å². The van der Waals surface area contributed by atoms with Crippen molar-refractivity contribution in [1.29, 1.82) is 0 Å². The van der Waals surface area contributed by atoms with E-state index in [1.54, 1.807) is 12.1 Å². The van der Waals surface area contributed by atoms with Gasteiger partial charge in [-0.05, 0) is 25.1 Å². The lowest BCUT2D eigenvalue weighted by Gasteiger charge is -2.19. The maximum Gasteiger partial charge on any atom is 0.244 e. The number of hydrogen-bond donors (Lipinski definition) is 2. The molecule has 5 nitrogen and oxygen atoms in total. The molecular formula is C13H17NO4. The van der Waals surface area contributed by atoms with Gasteiger partial charge in [0.05, 0.1) is 6.61 Å². The van der Waals surface area contributed by atoms with Gasteiger partial charge >= 0.3 is 0 Å². The molecule has 1 amide bonds. The minimum atomic E-state index is -0.926. The Morgan fingerprint density at radius 3 is 3.06 bits per heavy atom. The quantitative estimate of drug-likeness (QED) is 0.779. The summed E-state index contributed by atoms with van der Waals surface area (Å²) >= 11 is 0. The number of amides is 1. The lowest BCUT2D eigenvalue weighted by molar-refractivity contribution is -0.117. The maximum atomic E-state index is 11.5. The van der Waals surface area contributed by atoms with Crippen LogP contribution in [0.1, 0.15) is 17.9 Å². The predicted molar refractivity (Wildman–Crippen MR) is 65.9 cm³/mol. The van der Waals surface area contributed by atoms with Crippen molar-refractivity contribution in [2.45, 2.75) is 18.9 Å². The summed E-state index contributed by atoms with van der Waals surface area (Å²) in [4.78, 5) is 11.5. The molecule has 5 heteroatoms. The molecule has 0 saturated carbocycles. The van der Waals surface area contributed by atoms with E-state index >= 15 is 0 Å². The van der Waals surface area contributed by atoms with Crippen molar-refractivity contribution in [1.82, 2.24) is 5.32 Å². The monoisotopic (exact) mass is 251 g/mol. The highest BCUT2D eigenvalue weighted by atomic mass is 16.5. The minimum Gasteiger partial charge on any atom is -0.462 e. The second-order valence-corrected chi connectivity index (χ2v) is 4.53. The molecular weight excluding hydrogens is 234 g/mol. The van der Waals surface area contributed by atoms with E-state index in [1.165, 1.54) is 6.08 Å². The topological polar surface area (TPSA) is 71.7 Å². The smallest absolute Gasteiger partial charge is 0.244 e. The average molecular weight is 251 g/mol. The fourth-order valence-corrected chi connectivity index (χ4v) is 1.75. The Labute approximate surface area is 105 Å². The highest BCUT2D eigenvalue weighted by Crippen LogP contribution is 2.16. The van der Waals surface area contributed by atoms with Gasteiger partial charge in [-0.3, -0.25) is 4.79 Å². The van der Waals surface area contributed by atoms with Crippen molar-refractivity contribution < 1.29 is 19.1 Å². The molecule has 0 spiro atoms. The Morgan fingerprint density at radius 2 is 2.44 bits per heavy atom. The van der Waals surface area contributed by atoms with E-state index in [1.807, 2.05) is 13.0 Å². The first kappa shape index (κ1) is 12.9. The maximum absolute atomic E-state index is 11.5. The van der Waals surface area contributed by atoms with E-state index in [-0.39, 0.29) is 19.1 Å². The lowest BCUT2D eigenvalue weighted by atomic mass is 10.0. The third-order valence-corrected chi connectivity index (χ3v) is 2.83. The van der Waals surface area contributed by atoms with Gasteiger partial charge in [0.15, 0.2) is 0 Å². The van der Waals surface area contributed by atoms with E-state index in [9.17, 15) is 9.90 Å². The zero-order chi connectivity index (χ0) is 13.0. The van der Waals surface area contributed by atoms with Gasteiger partial charge in [-0.2, -0.15) is 0 Å². The second-order valence-electron chi connectivity index (χ2n) is 4.53. The Morgan fingerprint density at radius 1 is 1.61 bits per heavy atom. The summed E-state index contributed by atoms with van der Waals surface area (Å²) in [5.41, 5.74) is -0.926. The molecule has 2 N–H and O–H groups in total. The number of furan rings is 1. The van der Waals surface area contributed by atoms with Crippen LogP contribution in [0.3, 0.4) is 0 Å². The summed E-state index contributed by atoms with van der Waals surface area (Å²) in [5.74, 6) is 1.17. The third kappa shape index (κ3) is 3.45. The highest BCUT2D eigenvalue weighted by molar-refractivity contribution is 5.91. The van der Waals surface area contributed by atoms with Crippen LogP contribution in [0.2, 0.25) is 0 Å². The fraction of sp³-hybridized carbons (Fsp3) is 0.462. The molecule has 1 aromatic heterocycles. The van der Waals surface area contributed by atoms with E-state index in [0.29, 0.717) is 18.8 Å². The molecule has 0 aliphatic carbocycles. The number of nitrogens with one attached hydrogen (secondary N) is 1. The van der Waals surface area contributed by atoms with E-state index in [0.717, 1.165) is 5.76 Å². The summed E-state index contributed by atoms with van der Waals surface area (Å²) in [6, 6.07) is 3.62. The van der Waals surface area contributed by atoms with Gasteiger partial charge in [0.1, 0.15) is 17.1 Å². The number of hydrogen-bond acceptors (Lipinski definition) is 4. The average Bonchev–Trinajstić information content (AvgIpc) is 2.94. The first-order valence-electron chi connectivity index (χ1n) is 5.90. The van der Waals surface area contributed by atoms with Crippen LogP contribution in [0.15, 0.2) is 22.6 Å². The standard InChI is InChI=1S/C13H17NO4/c1-10-2-3-11(18-10)4-5-12(15)14-8-13(16)6-7-17-9-13/h2-5,16H,6-9H2,1H3,(H,14,15). The second kappa shape index (κ2) is 5.37. The molecule has 1 fully saturated rings. The number of aryl methyl sites for hydroxylation is 1. The first-order valence-corrected chi connectivity index (χ1v) is 5.90. The molecule has 2 heterocycles. The summed E-state index contributed by atoms with van der Waals surface area (Å²) < 4.78 is 10.4. The molecule has 2 rings (SSSR count). The van der Waals surface area contributed by atoms with E-state index in [2.05, 4.69) is 5.32 Å². The van der Waals surface area contributed by atoms with Crippen molar-refractivity contribution in [3.8, 4) is 0 Å². The van der Waals surface area contributed by atoms with Gasteiger partial charge in [-0.15, -0.1) is 0 Å². The van der Waals surface area contributed by atoms with Crippen LogP contribution in [0, 0.1) is 6.92 Å². The van der Waals surface area contributed by atoms with Gasteiger partial charge in [-0.1, -0.05) is 0 Å². The van der Waals surface area contributed by atoms with Crippen molar-refractivity contribution in [3.05, 3.63) is 29.7 Å². The predicted octanol–water partition coefficient (Wildman–Crippen LogP) is 0.869. The number of carbonyl (C=O) groups excluding carboxylic acids is 1. The Kier molecular flexibility index (Phi) is 3.84. The normalized spacial score (nSPS) is 23.7. The fourth-order valence-electron chi connectivity index (χ4n) is 1.75. The molecule has 1 aliphatic rings. The van der Waals surface area contributed by atoms with Gasteiger partial charge in [0.25, 0.3) is 0 Å². The summed E-state index contributed by atoms with van der Waals surface area (Å²) in [6.45, 7) is 2.85. The molecule has 0 aromatic carbocycles. The number of rotatable bonds is 4. The zero-order valence-electron chi connectivity index (χ0n) is 10.3. The Bertz CT molecular complexity index is 444.